The second-order valence-electron chi connectivity index (χ2n) is 1.11. The molecule has 0 saturated carbocycles. The molecule has 0 aliphatic carbocycles. The zero-order valence-electron chi connectivity index (χ0n) is 3.52. The van der Waals surface area contributed by atoms with Crippen molar-refractivity contribution < 1.29 is 5.53 Å². The molecule has 0 radical (unpaired) electrons. The summed E-state index contributed by atoms with van der Waals surface area (Å²) in [7, 11) is 0. The van der Waals surface area contributed by atoms with Crippen molar-refractivity contribution in [2.45, 2.75) is 6.92 Å². The normalized spacial score (nSPS) is 19.8. The molecule has 0 aromatic carbocycles. The zero-order valence-corrected chi connectivity index (χ0v) is 3.52. The predicted molar refractivity (Wildman–Crippen MR) is 21.3 cm³/mol. The number of amidine groups is 1. The smallest absolute Gasteiger partial charge is 0.175 e. The number of nitrogens with one attached hydrogen (secondary N) is 2. The number of hydrogen-bond acceptors (Lipinski definition) is 3. The van der Waals surface area contributed by atoms with Crippen LogP contribution in [0.25, 0.3) is 0 Å². The summed E-state index contributed by atoms with van der Waals surface area (Å²) in [5.41, 5.74) is 7.06. The number of rotatable bonds is 0. The van der Waals surface area contributed by atoms with Gasteiger partial charge in [-0.1, -0.05) is 5.53 Å². The summed E-state index contributed by atoms with van der Waals surface area (Å²) in [6.07, 6.45) is 0. The minimum Gasteiger partial charge on any atom is -0.259 e. The summed E-state index contributed by atoms with van der Waals surface area (Å²) in [5.74, 6) is 0.912. The molecule has 0 spiro atoms. The SMILES string of the molecule is CC1=N[NH2+]NN1. The molecule has 6 heavy (non-hydrogen) atoms. The van der Waals surface area contributed by atoms with E-state index in [1.54, 1.807) is 5.53 Å². The van der Waals surface area contributed by atoms with E-state index in [0.29, 0.717) is 0 Å². The van der Waals surface area contributed by atoms with E-state index in [1.165, 1.54) is 0 Å². The van der Waals surface area contributed by atoms with Crippen molar-refractivity contribution in [1.82, 2.24) is 11.0 Å². The molecule has 0 saturated heterocycles. The lowest BCUT2D eigenvalue weighted by Crippen LogP contribution is -2.87. The third-order valence-corrected chi connectivity index (χ3v) is 0.576. The lowest BCUT2D eigenvalue weighted by Gasteiger charge is -1.81. The van der Waals surface area contributed by atoms with Crippen LogP contribution in [0, 0.1) is 0 Å². The standard InChI is InChI=1S/C2H6N4/c1-2-3-5-6-4-2/h5-6H,1H3,(H,3,4)/p+1. The first kappa shape index (κ1) is 3.58. The summed E-state index contributed by atoms with van der Waals surface area (Å²) in [4.78, 5) is 0. The highest BCUT2D eigenvalue weighted by Crippen LogP contribution is 1.57. The van der Waals surface area contributed by atoms with Gasteiger partial charge in [-0.3, -0.25) is 5.43 Å². The van der Waals surface area contributed by atoms with Crippen molar-refractivity contribution in [2.75, 3.05) is 0 Å². The largest absolute Gasteiger partial charge is 0.259 e. The molecule has 1 aliphatic rings. The molecular formula is C2H7N4+. The zero-order chi connectivity index (χ0) is 4.41. The highest BCUT2D eigenvalue weighted by molar-refractivity contribution is 5.78. The molecule has 4 nitrogen and oxygen atoms in total. The predicted octanol–water partition coefficient (Wildman–Crippen LogP) is -2.09. The monoisotopic (exact) mass is 87.1 g/mol. The van der Waals surface area contributed by atoms with Crippen molar-refractivity contribution >= 4 is 5.84 Å². The molecule has 0 fully saturated rings. The van der Waals surface area contributed by atoms with Crippen LogP contribution in [-0.4, -0.2) is 5.84 Å². The van der Waals surface area contributed by atoms with E-state index >= 15 is 0 Å². The summed E-state index contributed by atoms with van der Waals surface area (Å²) < 4.78 is 0. The van der Waals surface area contributed by atoms with Crippen LogP contribution in [0.3, 0.4) is 0 Å². The van der Waals surface area contributed by atoms with Crippen molar-refractivity contribution in [3.05, 3.63) is 0 Å². The highest BCUT2D eigenvalue weighted by atomic mass is 15.8. The molecule has 34 valence electrons. The molecule has 1 aliphatic heterocycles. The van der Waals surface area contributed by atoms with Gasteiger partial charge in [-0.05, 0) is 5.10 Å². The molecule has 4 heteroatoms. The number of quaternary nitrogens is 1. The Hall–Kier alpha value is -0.610. The molecule has 4 N–H and O–H groups in total. The molecule has 0 unspecified atom stereocenters. The fourth-order valence-electron chi connectivity index (χ4n) is 0.298. The Kier molecular flexibility index (Phi) is 0.736. The van der Waals surface area contributed by atoms with Crippen molar-refractivity contribution in [1.29, 1.82) is 0 Å². The maximum atomic E-state index is 3.81. The maximum Gasteiger partial charge on any atom is 0.175 e. The van der Waals surface area contributed by atoms with Gasteiger partial charge in [0.15, 0.2) is 5.84 Å². The van der Waals surface area contributed by atoms with Gasteiger partial charge in [-0.25, -0.2) is 0 Å². The molecule has 0 aromatic rings. The van der Waals surface area contributed by atoms with Gasteiger partial charge in [0.05, 0.1) is 0 Å². The van der Waals surface area contributed by atoms with Crippen LogP contribution in [-0.2, 0) is 0 Å². The van der Waals surface area contributed by atoms with Gasteiger partial charge in [0.1, 0.15) is 0 Å². The number of nitrogens with zero attached hydrogens (tertiary/aromatic N) is 1. The molecule has 0 atom stereocenters. The Morgan fingerprint density at radius 2 is 2.67 bits per heavy atom. The van der Waals surface area contributed by atoms with Crippen LogP contribution >= 0.6 is 0 Å². The van der Waals surface area contributed by atoms with Crippen molar-refractivity contribution in [2.24, 2.45) is 5.10 Å². The Bertz CT molecular complexity index is 75.6. The van der Waals surface area contributed by atoms with Crippen LogP contribution in [0.1, 0.15) is 6.92 Å². The Morgan fingerprint density at radius 3 is 2.83 bits per heavy atom. The minimum absolute atomic E-state index is 0.912. The van der Waals surface area contributed by atoms with E-state index in [4.69, 9.17) is 0 Å². The lowest BCUT2D eigenvalue weighted by atomic mass is 10.7. The van der Waals surface area contributed by atoms with Gasteiger partial charge in [-0.2, -0.15) is 0 Å². The van der Waals surface area contributed by atoms with Crippen LogP contribution < -0.4 is 16.5 Å². The summed E-state index contributed by atoms with van der Waals surface area (Å²) >= 11 is 0. The Morgan fingerprint density at radius 1 is 1.83 bits per heavy atom. The van der Waals surface area contributed by atoms with E-state index in [9.17, 15) is 0 Å². The second kappa shape index (κ2) is 1.24. The Labute approximate surface area is 35.6 Å². The van der Waals surface area contributed by atoms with Gasteiger partial charge >= 0.3 is 0 Å². The fraction of sp³-hybridized carbons (Fsp3) is 0.500. The van der Waals surface area contributed by atoms with Gasteiger partial charge in [0.25, 0.3) is 0 Å². The van der Waals surface area contributed by atoms with Gasteiger partial charge in [0, 0.05) is 6.92 Å². The minimum atomic E-state index is 0.912. The van der Waals surface area contributed by atoms with Crippen LogP contribution in [0.15, 0.2) is 5.10 Å². The van der Waals surface area contributed by atoms with Crippen molar-refractivity contribution in [3.8, 4) is 0 Å². The lowest BCUT2D eigenvalue weighted by molar-refractivity contribution is -0.713. The average molecular weight is 87.1 g/mol. The van der Waals surface area contributed by atoms with Gasteiger partial charge < -0.3 is 0 Å². The van der Waals surface area contributed by atoms with Gasteiger partial charge in [-0.15, -0.1) is 5.53 Å². The first-order valence-corrected chi connectivity index (χ1v) is 1.77. The molecule has 1 heterocycles. The number of hydrazine groups is 1. The van der Waals surface area contributed by atoms with Crippen LogP contribution in [0.5, 0.6) is 0 Å². The Balaban J connectivity index is 2.45. The first-order valence-electron chi connectivity index (χ1n) is 1.77. The highest BCUT2D eigenvalue weighted by Gasteiger charge is 1.96. The number of hydrogen-bond donors (Lipinski definition) is 3. The quantitative estimate of drug-likeness (QED) is 0.297. The van der Waals surface area contributed by atoms with E-state index in [2.05, 4.69) is 16.1 Å². The van der Waals surface area contributed by atoms with Crippen LogP contribution in [0.4, 0.5) is 0 Å². The van der Waals surface area contributed by atoms with E-state index in [0.717, 1.165) is 5.84 Å². The fourth-order valence-corrected chi connectivity index (χ4v) is 0.298. The topological polar surface area (TPSA) is 53.0 Å². The molecule has 1 rings (SSSR count). The van der Waals surface area contributed by atoms with Crippen LogP contribution in [0.2, 0.25) is 0 Å². The van der Waals surface area contributed by atoms with Crippen molar-refractivity contribution in [3.63, 3.8) is 0 Å². The summed E-state index contributed by atoms with van der Waals surface area (Å²) in [5, 5.41) is 3.81. The van der Waals surface area contributed by atoms with Gasteiger partial charge in [0.2, 0.25) is 0 Å². The van der Waals surface area contributed by atoms with E-state index < -0.39 is 0 Å². The van der Waals surface area contributed by atoms with E-state index in [-0.39, 0.29) is 0 Å². The van der Waals surface area contributed by atoms with E-state index in [1.807, 2.05) is 6.92 Å². The summed E-state index contributed by atoms with van der Waals surface area (Å²) in [6, 6.07) is 0. The molecule has 0 aromatic heterocycles. The first-order chi connectivity index (χ1) is 2.89. The summed E-state index contributed by atoms with van der Waals surface area (Å²) in [6.45, 7) is 1.89. The third kappa shape index (κ3) is 0.474. The number of nitrogens with two attached hydrogens (primary N) is 1. The molecule has 0 amide bonds. The average Bonchev–Trinajstić information content (AvgIpc) is 1.86. The molecule has 0 bridgehead atoms. The third-order valence-electron chi connectivity index (χ3n) is 0.576. The molecular weight excluding hydrogens is 80.0 g/mol. The maximum absolute atomic E-state index is 3.81. The second-order valence-corrected chi connectivity index (χ2v) is 1.11.